The standard InChI is InChI=1S/C22H31N3O3/c1-15-4-5-19-16(12-15)22(2)14-17(18(26)13-20(22)28-19)23-21(27)6-7-25-10-8-24(3)9-11-25/h4-5,12,17,20H,6-11,13-14H2,1-3H3,(H,23,27)/t17?,20-,22-/m0/s1. The van der Waals surface area contributed by atoms with Crippen LogP contribution in [-0.2, 0) is 15.0 Å². The SMILES string of the molecule is Cc1ccc2c(c1)[C@]1(C)CC(NC(=O)CCN3CCN(C)CC3)C(=O)C[C@@H]1O2. The van der Waals surface area contributed by atoms with Crippen LogP contribution in [0.5, 0.6) is 5.75 Å². The van der Waals surface area contributed by atoms with Crippen LogP contribution < -0.4 is 10.1 Å². The molecule has 6 nitrogen and oxygen atoms in total. The maximum absolute atomic E-state index is 12.7. The Morgan fingerprint density at radius 1 is 1.29 bits per heavy atom. The molecule has 6 heteroatoms. The summed E-state index contributed by atoms with van der Waals surface area (Å²) in [6.07, 6.45) is 1.27. The van der Waals surface area contributed by atoms with E-state index in [4.69, 9.17) is 4.74 Å². The zero-order valence-electron chi connectivity index (χ0n) is 17.2. The van der Waals surface area contributed by atoms with Gasteiger partial charge in [0.2, 0.25) is 5.91 Å². The van der Waals surface area contributed by atoms with Crippen LogP contribution in [0.2, 0.25) is 0 Å². The summed E-state index contributed by atoms with van der Waals surface area (Å²) in [6.45, 7) is 9.08. The Kier molecular flexibility index (Phi) is 5.19. The second-order valence-electron chi connectivity index (χ2n) is 8.91. The van der Waals surface area contributed by atoms with Gasteiger partial charge in [-0.1, -0.05) is 24.6 Å². The molecule has 1 amide bonds. The first kappa shape index (κ1) is 19.4. The van der Waals surface area contributed by atoms with Gasteiger partial charge in [-0.2, -0.15) is 0 Å². The Balaban J connectivity index is 1.37. The molecule has 28 heavy (non-hydrogen) atoms. The molecule has 1 saturated carbocycles. The first-order chi connectivity index (χ1) is 13.3. The van der Waals surface area contributed by atoms with E-state index in [1.807, 2.05) is 12.1 Å². The number of rotatable bonds is 4. The minimum atomic E-state index is -0.420. The number of nitrogens with one attached hydrogen (secondary N) is 1. The number of ketones is 1. The molecule has 3 atom stereocenters. The van der Waals surface area contributed by atoms with Crippen LogP contribution >= 0.6 is 0 Å². The average Bonchev–Trinajstić information content (AvgIpc) is 2.93. The highest BCUT2D eigenvalue weighted by atomic mass is 16.5. The summed E-state index contributed by atoms with van der Waals surface area (Å²) in [5.41, 5.74) is 2.13. The molecule has 1 saturated heterocycles. The van der Waals surface area contributed by atoms with Gasteiger partial charge < -0.3 is 19.9 Å². The predicted octanol–water partition coefficient (Wildman–Crippen LogP) is 1.50. The first-order valence-electron chi connectivity index (χ1n) is 10.4. The maximum Gasteiger partial charge on any atom is 0.221 e. The third kappa shape index (κ3) is 3.67. The fourth-order valence-electron chi connectivity index (χ4n) is 4.75. The van der Waals surface area contributed by atoms with Gasteiger partial charge in [0.05, 0.1) is 6.04 Å². The largest absolute Gasteiger partial charge is 0.489 e. The lowest BCUT2D eigenvalue weighted by Gasteiger charge is -2.38. The van der Waals surface area contributed by atoms with Crippen LogP contribution in [0.1, 0.15) is 37.3 Å². The van der Waals surface area contributed by atoms with Gasteiger partial charge in [-0.25, -0.2) is 0 Å². The van der Waals surface area contributed by atoms with Crippen molar-refractivity contribution in [2.75, 3.05) is 39.8 Å². The lowest BCUT2D eigenvalue weighted by Crippen LogP contribution is -2.54. The third-order valence-corrected chi connectivity index (χ3v) is 6.72. The molecule has 1 unspecified atom stereocenters. The molecule has 3 aliphatic rings. The van der Waals surface area contributed by atoms with E-state index in [1.54, 1.807) is 0 Å². The molecule has 0 aromatic heterocycles. The van der Waals surface area contributed by atoms with E-state index in [0.29, 0.717) is 19.3 Å². The number of nitrogens with zero attached hydrogens (tertiary/aromatic N) is 2. The fourth-order valence-corrected chi connectivity index (χ4v) is 4.75. The smallest absolute Gasteiger partial charge is 0.221 e. The highest BCUT2D eigenvalue weighted by Crippen LogP contribution is 2.49. The van der Waals surface area contributed by atoms with Crippen molar-refractivity contribution in [1.82, 2.24) is 15.1 Å². The summed E-state index contributed by atoms with van der Waals surface area (Å²) < 4.78 is 6.08. The minimum Gasteiger partial charge on any atom is -0.489 e. The molecule has 1 N–H and O–H groups in total. The Hall–Kier alpha value is -1.92. The van der Waals surface area contributed by atoms with Gasteiger partial charge in [0, 0.05) is 56.5 Å². The zero-order valence-corrected chi connectivity index (χ0v) is 17.2. The lowest BCUT2D eigenvalue weighted by atomic mass is 9.68. The topological polar surface area (TPSA) is 61.9 Å². The van der Waals surface area contributed by atoms with Crippen LogP contribution in [-0.4, -0.2) is 73.4 Å². The van der Waals surface area contributed by atoms with Crippen LogP contribution in [0, 0.1) is 6.92 Å². The number of hydrogen-bond acceptors (Lipinski definition) is 5. The number of aryl methyl sites for hydroxylation is 1. The number of likely N-dealkylation sites (N-methyl/N-ethyl adjacent to an activating group) is 1. The molecule has 1 aliphatic carbocycles. The summed E-state index contributed by atoms with van der Waals surface area (Å²) in [6, 6.07) is 5.79. The van der Waals surface area contributed by atoms with Crippen molar-refractivity contribution in [1.29, 1.82) is 0 Å². The number of amides is 1. The van der Waals surface area contributed by atoms with E-state index in [-0.39, 0.29) is 23.2 Å². The second kappa shape index (κ2) is 7.48. The van der Waals surface area contributed by atoms with Crippen LogP contribution in [0.15, 0.2) is 18.2 Å². The minimum absolute atomic E-state index is 0.0253. The Morgan fingerprint density at radius 3 is 2.79 bits per heavy atom. The molecule has 0 radical (unpaired) electrons. The number of carbonyl (C=O) groups is 2. The van der Waals surface area contributed by atoms with E-state index in [0.717, 1.165) is 38.5 Å². The Morgan fingerprint density at radius 2 is 2.04 bits per heavy atom. The summed E-state index contributed by atoms with van der Waals surface area (Å²) >= 11 is 0. The maximum atomic E-state index is 12.7. The summed E-state index contributed by atoms with van der Waals surface area (Å²) in [7, 11) is 2.12. The van der Waals surface area contributed by atoms with Crippen LogP contribution in [0.3, 0.4) is 0 Å². The molecule has 2 fully saturated rings. The molecule has 4 rings (SSSR count). The summed E-state index contributed by atoms with van der Waals surface area (Å²) in [5, 5.41) is 3.02. The van der Waals surface area contributed by atoms with Crippen molar-refractivity contribution in [3.8, 4) is 5.75 Å². The number of Topliss-reactive ketones (excluding diaryl/α,β-unsaturated/α-hetero) is 1. The van der Waals surface area contributed by atoms with Crippen molar-refractivity contribution in [3.63, 3.8) is 0 Å². The van der Waals surface area contributed by atoms with E-state index in [9.17, 15) is 9.59 Å². The van der Waals surface area contributed by atoms with Crippen LogP contribution in [0.25, 0.3) is 0 Å². The molecular formula is C22H31N3O3. The number of piperazine rings is 1. The predicted molar refractivity (Wildman–Crippen MR) is 108 cm³/mol. The number of fused-ring (bicyclic) bond motifs is 3. The monoisotopic (exact) mass is 385 g/mol. The highest BCUT2D eigenvalue weighted by molar-refractivity contribution is 5.91. The number of ether oxygens (including phenoxy) is 1. The van der Waals surface area contributed by atoms with E-state index < -0.39 is 6.04 Å². The fraction of sp³-hybridized carbons (Fsp3) is 0.636. The Bertz CT molecular complexity index is 772. The number of benzene rings is 1. The highest BCUT2D eigenvalue weighted by Gasteiger charge is 2.52. The van der Waals surface area contributed by atoms with E-state index in [1.165, 1.54) is 11.1 Å². The van der Waals surface area contributed by atoms with Crippen molar-refractivity contribution in [3.05, 3.63) is 29.3 Å². The van der Waals surface area contributed by atoms with Gasteiger partial charge in [0.15, 0.2) is 5.78 Å². The van der Waals surface area contributed by atoms with Crippen molar-refractivity contribution >= 4 is 11.7 Å². The third-order valence-electron chi connectivity index (χ3n) is 6.72. The quantitative estimate of drug-likeness (QED) is 0.851. The second-order valence-corrected chi connectivity index (χ2v) is 8.91. The van der Waals surface area contributed by atoms with E-state index in [2.05, 4.69) is 42.1 Å². The van der Waals surface area contributed by atoms with Gasteiger partial charge in [0.1, 0.15) is 11.9 Å². The zero-order chi connectivity index (χ0) is 19.9. The molecule has 0 bridgehead atoms. The number of hydrogen-bond donors (Lipinski definition) is 1. The molecule has 1 aromatic carbocycles. The lowest BCUT2D eigenvalue weighted by molar-refractivity contribution is -0.132. The first-order valence-corrected chi connectivity index (χ1v) is 10.4. The van der Waals surface area contributed by atoms with Crippen molar-refractivity contribution in [2.45, 2.75) is 50.7 Å². The molecule has 2 aliphatic heterocycles. The van der Waals surface area contributed by atoms with Gasteiger partial charge in [0.25, 0.3) is 0 Å². The number of carbonyl (C=O) groups excluding carboxylic acids is 2. The van der Waals surface area contributed by atoms with E-state index >= 15 is 0 Å². The van der Waals surface area contributed by atoms with Gasteiger partial charge in [-0.3, -0.25) is 9.59 Å². The van der Waals surface area contributed by atoms with Gasteiger partial charge >= 0.3 is 0 Å². The van der Waals surface area contributed by atoms with Gasteiger partial charge in [-0.05, 0) is 26.5 Å². The van der Waals surface area contributed by atoms with Gasteiger partial charge in [-0.15, -0.1) is 0 Å². The Labute approximate surface area is 167 Å². The molecule has 0 spiro atoms. The van der Waals surface area contributed by atoms with Crippen molar-refractivity contribution in [2.24, 2.45) is 0 Å². The summed E-state index contributed by atoms with van der Waals surface area (Å²) in [5.74, 6) is 0.940. The summed E-state index contributed by atoms with van der Waals surface area (Å²) in [4.78, 5) is 29.8. The molecule has 1 aromatic rings. The average molecular weight is 386 g/mol. The van der Waals surface area contributed by atoms with Crippen LogP contribution in [0.4, 0.5) is 0 Å². The van der Waals surface area contributed by atoms with Crippen molar-refractivity contribution < 1.29 is 14.3 Å². The normalized spacial score (nSPS) is 30.5. The molecular weight excluding hydrogens is 354 g/mol. The molecule has 152 valence electrons. The molecule has 2 heterocycles.